The number of hydrogen-bond acceptors (Lipinski definition) is 2. The van der Waals surface area contributed by atoms with Gasteiger partial charge in [0.05, 0.1) is 0 Å². The van der Waals surface area contributed by atoms with Crippen LogP contribution in [-0.2, 0) is 4.79 Å². The van der Waals surface area contributed by atoms with Crippen LogP contribution < -0.4 is 11.1 Å². The summed E-state index contributed by atoms with van der Waals surface area (Å²) in [5.74, 6) is 0.335. The molecule has 10 heavy (non-hydrogen) atoms. The normalized spacial score (nSPS) is 29.8. The van der Waals surface area contributed by atoms with E-state index in [2.05, 4.69) is 5.32 Å². The van der Waals surface area contributed by atoms with Gasteiger partial charge in [0, 0.05) is 19.0 Å². The van der Waals surface area contributed by atoms with Gasteiger partial charge in [-0.2, -0.15) is 0 Å². The number of carbonyl (C=O) groups is 1. The zero-order chi connectivity index (χ0) is 6.85. The Morgan fingerprint density at radius 2 is 2.10 bits per heavy atom. The lowest BCUT2D eigenvalue weighted by molar-refractivity contribution is -0.127. The Morgan fingerprint density at radius 3 is 2.40 bits per heavy atom. The minimum atomic E-state index is 0. The molecule has 0 unspecified atom stereocenters. The van der Waals surface area contributed by atoms with Gasteiger partial charge in [-0.1, -0.05) is 0 Å². The van der Waals surface area contributed by atoms with Gasteiger partial charge >= 0.3 is 0 Å². The summed E-state index contributed by atoms with van der Waals surface area (Å²) in [5, 5.41) is 2.59. The van der Waals surface area contributed by atoms with E-state index < -0.39 is 0 Å². The van der Waals surface area contributed by atoms with E-state index in [1.54, 1.807) is 7.05 Å². The number of hydrogen-bond donors (Lipinski definition) is 2. The van der Waals surface area contributed by atoms with E-state index in [9.17, 15) is 4.79 Å². The third-order valence-electron chi connectivity index (χ3n) is 1.79. The fourth-order valence-corrected chi connectivity index (χ4v) is 1.08. The molecule has 1 aliphatic rings. The molecule has 0 aromatic heterocycles. The summed E-state index contributed by atoms with van der Waals surface area (Å²) in [5.41, 5.74) is 5.48. The molecule has 3 N–H and O–H groups in total. The van der Waals surface area contributed by atoms with Crippen LogP contribution >= 0.6 is 12.4 Å². The molecule has 0 bridgehead atoms. The summed E-state index contributed by atoms with van der Waals surface area (Å²) in [7, 11) is 1.66. The Balaban J connectivity index is 0.000000810. The second-order valence-corrected chi connectivity index (χ2v) is 2.54. The minimum Gasteiger partial charge on any atom is -0.359 e. The number of carbonyl (C=O) groups excluding carboxylic acids is 1. The Kier molecular flexibility index (Phi) is 3.68. The van der Waals surface area contributed by atoms with Crippen molar-refractivity contribution in [2.75, 3.05) is 7.05 Å². The highest BCUT2D eigenvalue weighted by atomic mass is 35.5. The Labute approximate surface area is 66.8 Å². The third kappa shape index (κ3) is 1.85. The van der Waals surface area contributed by atoms with Crippen molar-refractivity contribution in [2.45, 2.75) is 18.9 Å². The molecule has 0 heterocycles. The maximum absolute atomic E-state index is 10.8. The van der Waals surface area contributed by atoms with Crippen molar-refractivity contribution < 1.29 is 4.79 Å². The van der Waals surface area contributed by atoms with Crippen molar-refractivity contribution in [3.05, 3.63) is 0 Å². The highest BCUT2D eigenvalue weighted by molar-refractivity contribution is 5.85. The molecule has 1 fully saturated rings. The molecular weight excluding hydrogens is 152 g/mol. The van der Waals surface area contributed by atoms with Gasteiger partial charge in [0.1, 0.15) is 0 Å². The van der Waals surface area contributed by atoms with Gasteiger partial charge < -0.3 is 11.1 Å². The van der Waals surface area contributed by atoms with Gasteiger partial charge in [-0.05, 0) is 12.8 Å². The van der Waals surface area contributed by atoms with Gasteiger partial charge in [0.25, 0.3) is 0 Å². The van der Waals surface area contributed by atoms with Gasteiger partial charge in [-0.15, -0.1) is 12.4 Å². The third-order valence-corrected chi connectivity index (χ3v) is 1.79. The van der Waals surface area contributed by atoms with Gasteiger partial charge in [0.2, 0.25) is 5.91 Å². The van der Waals surface area contributed by atoms with Gasteiger partial charge in [-0.25, -0.2) is 0 Å². The molecule has 1 amide bonds. The maximum atomic E-state index is 10.8. The highest BCUT2D eigenvalue weighted by Crippen LogP contribution is 2.24. The summed E-state index contributed by atoms with van der Waals surface area (Å²) < 4.78 is 0. The van der Waals surface area contributed by atoms with Crippen LogP contribution in [0.4, 0.5) is 0 Å². The Bertz CT molecular complexity index is 123. The van der Waals surface area contributed by atoms with Crippen LogP contribution in [0.3, 0.4) is 0 Å². The van der Waals surface area contributed by atoms with Crippen LogP contribution in [0.15, 0.2) is 0 Å². The first kappa shape index (κ1) is 9.72. The monoisotopic (exact) mass is 164 g/mol. The van der Waals surface area contributed by atoms with Crippen molar-refractivity contribution in [1.29, 1.82) is 0 Å². The van der Waals surface area contributed by atoms with Crippen LogP contribution in [-0.4, -0.2) is 19.0 Å². The molecule has 0 aromatic carbocycles. The summed E-state index contributed by atoms with van der Waals surface area (Å²) in [6.07, 6.45) is 1.72. The molecular formula is C6H13ClN2O. The van der Waals surface area contributed by atoms with Crippen LogP contribution in [0.5, 0.6) is 0 Å². The molecule has 0 saturated heterocycles. The van der Waals surface area contributed by atoms with E-state index in [4.69, 9.17) is 5.73 Å². The van der Waals surface area contributed by atoms with Crippen LogP contribution in [0.25, 0.3) is 0 Å². The molecule has 3 nitrogen and oxygen atoms in total. The summed E-state index contributed by atoms with van der Waals surface area (Å²) >= 11 is 0. The van der Waals surface area contributed by atoms with Crippen LogP contribution in [0.2, 0.25) is 0 Å². The van der Waals surface area contributed by atoms with Gasteiger partial charge in [0.15, 0.2) is 0 Å². The molecule has 4 heteroatoms. The lowest BCUT2D eigenvalue weighted by Crippen LogP contribution is -2.44. The zero-order valence-electron chi connectivity index (χ0n) is 5.96. The van der Waals surface area contributed by atoms with E-state index in [1.807, 2.05) is 0 Å². The fourth-order valence-electron chi connectivity index (χ4n) is 1.08. The summed E-state index contributed by atoms with van der Waals surface area (Å²) in [6, 6.07) is 0.271. The van der Waals surface area contributed by atoms with Crippen molar-refractivity contribution in [3.8, 4) is 0 Å². The highest BCUT2D eigenvalue weighted by Gasteiger charge is 2.30. The molecule has 60 valence electrons. The minimum absolute atomic E-state index is 0. The smallest absolute Gasteiger partial charge is 0.222 e. The second kappa shape index (κ2) is 3.78. The largest absolute Gasteiger partial charge is 0.359 e. The number of nitrogens with one attached hydrogen (secondary N) is 1. The zero-order valence-corrected chi connectivity index (χ0v) is 6.78. The first-order valence-electron chi connectivity index (χ1n) is 3.21. The van der Waals surface area contributed by atoms with Crippen LogP contribution in [0, 0.1) is 5.92 Å². The summed E-state index contributed by atoms with van der Waals surface area (Å²) in [6.45, 7) is 0. The van der Waals surface area contributed by atoms with E-state index in [-0.39, 0.29) is 30.3 Å². The number of halogens is 1. The maximum Gasteiger partial charge on any atom is 0.222 e. The molecule has 1 aliphatic carbocycles. The van der Waals surface area contributed by atoms with Crippen molar-refractivity contribution >= 4 is 18.3 Å². The molecule has 0 atom stereocenters. The van der Waals surface area contributed by atoms with Crippen molar-refractivity contribution in [1.82, 2.24) is 5.32 Å². The molecule has 0 aromatic rings. The fraction of sp³-hybridized carbons (Fsp3) is 0.833. The lowest BCUT2D eigenvalue weighted by Gasteiger charge is -2.30. The van der Waals surface area contributed by atoms with E-state index in [0.717, 1.165) is 12.8 Å². The van der Waals surface area contributed by atoms with Gasteiger partial charge in [-0.3, -0.25) is 4.79 Å². The number of amides is 1. The Hall–Kier alpha value is -0.280. The average Bonchev–Trinajstić information content (AvgIpc) is 1.79. The Morgan fingerprint density at radius 1 is 1.60 bits per heavy atom. The average molecular weight is 165 g/mol. The first-order chi connectivity index (χ1) is 4.24. The molecule has 1 rings (SSSR count). The van der Waals surface area contributed by atoms with E-state index in [0.29, 0.717) is 0 Å². The van der Waals surface area contributed by atoms with Crippen molar-refractivity contribution in [2.24, 2.45) is 11.7 Å². The number of rotatable bonds is 1. The second-order valence-electron chi connectivity index (χ2n) is 2.54. The molecule has 0 aliphatic heterocycles. The summed E-state index contributed by atoms with van der Waals surface area (Å²) in [4.78, 5) is 10.8. The SMILES string of the molecule is CNC(=O)[C@H]1C[C@@H](N)C1.Cl. The number of nitrogens with two attached hydrogens (primary N) is 1. The van der Waals surface area contributed by atoms with Crippen LogP contribution in [0.1, 0.15) is 12.8 Å². The standard InChI is InChI=1S/C6H12N2O.ClH/c1-8-6(9)4-2-5(7)3-4;/h4-5H,2-3,7H2,1H3,(H,8,9);1H/t4-,5+;. The van der Waals surface area contributed by atoms with E-state index in [1.165, 1.54) is 0 Å². The molecule has 0 spiro atoms. The van der Waals surface area contributed by atoms with Crippen molar-refractivity contribution in [3.63, 3.8) is 0 Å². The lowest BCUT2D eigenvalue weighted by atomic mass is 9.80. The predicted molar refractivity (Wildman–Crippen MR) is 42.0 cm³/mol. The molecule has 0 radical (unpaired) electrons. The van der Waals surface area contributed by atoms with E-state index >= 15 is 0 Å². The first-order valence-corrected chi connectivity index (χ1v) is 3.21. The quantitative estimate of drug-likeness (QED) is 0.569. The predicted octanol–water partition coefficient (Wildman–Crippen LogP) is -0.109. The topological polar surface area (TPSA) is 55.1 Å². The molecule has 1 saturated carbocycles.